The van der Waals surface area contributed by atoms with Crippen LogP contribution in [0.3, 0.4) is 0 Å². The predicted octanol–water partition coefficient (Wildman–Crippen LogP) is 2.23. The molecule has 0 amide bonds. The van der Waals surface area contributed by atoms with E-state index in [9.17, 15) is 4.39 Å². The lowest BCUT2D eigenvalue weighted by atomic mass is 10.2. The van der Waals surface area contributed by atoms with Crippen LogP contribution in [-0.2, 0) is 6.54 Å². The minimum Gasteiger partial charge on any atom is -0.326 e. The van der Waals surface area contributed by atoms with Crippen LogP contribution >= 0.6 is 11.8 Å². The lowest BCUT2D eigenvalue weighted by Crippen LogP contribution is -2.00. The average Bonchev–Trinajstić information content (AvgIpc) is 2.33. The molecule has 0 aliphatic carbocycles. The van der Waals surface area contributed by atoms with Crippen molar-refractivity contribution in [2.45, 2.75) is 16.5 Å². The Morgan fingerprint density at radius 3 is 2.88 bits per heavy atom. The standard InChI is InChI=1S/C11H10FN3S/c12-9-3-1-2-8(6-13)11(9)16-10-7-14-4-5-15-10/h1-5,7H,6,13H2. The summed E-state index contributed by atoms with van der Waals surface area (Å²) in [7, 11) is 0. The molecule has 82 valence electrons. The van der Waals surface area contributed by atoms with Crippen LogP contribution in [0, 0.1) is 5.82 Å². The Bertz CT molecular complexity index is 476. The Kier molecular flexibility index (Phi) is 3.48. The van der Waals surface area contributed by atoms with Crippen molar-refractivity contribution in [3.05, 3.63) is 48.2 Å². The molecule has 0 fully saturated rings. The zero-order chi connectivity index (χ0) is 11.4. The van der Waals surface area contributed by atoms with E-state index in [2.05, 4.69) is 9.97 Å². The second-order valence-corrected chi connectivity index (χ2v) is 4.11. The zero-order valence-corrected chi connectivity index (χ0v) is 9.25. The maximum absolute atomic E-state index is 13.6. The van der Waals surface area contributed by atoms with Crippen LogP contribution in [0.5, 0.6) is 0 Å². The fraction of sp³-hybridized carbons (Fsp3) is 0.0909. The summed E-state index contributed by atoms with van der Waals surface area (Å²) < 4.78 is 13.6. The van der Waals surface area contributed by atoms with Crippen LogP contribution in [0.25, 0.3) is 0 Å². The first-order chi connectivity index (χ1) is 7.81. The van der Waals surface area contributed by atoms with Crippen molar-refractivity contribution < 1.29 is 4.39 Å². The van der Waals surface area contributed by atoms with E-state index in [1.54, 1.807) is 24.7 Å². The molecule has 16 heavy (non-hydrogen) atoms. The third kappa shape index (κ3) is 2.37. The van der Waals surface area contributed by atoms with E-state index in [1.165, 1.54) is 17.8 Å². The number of nitrogens with two attached hydrogens (primary N) is 1. The maximum Gasteiger partial charge on any atom is 0.137 e. The van der Waals surface area contributed by atoms with Gasteiger partial charge in [0.15, 0.2) is 0 Å². The second-order valence-electron chi connectivity index (χ2n) is 3.08. The molecule has 0 aliphatic rings. The van der Waals surface area contributed by atoms with Crippen molar-refractivity contribution in [2.24, 2.45) is 5.73 Å². The summed E-state index contributed by atoms with van der Waals surface area (Å²) in [4.78, 5) is 8.53. The number of hydrogen-bond acceptors (Lipinski definition) is 4. The van der Waals surface area contributed by atoms with Gasteiger partial charge in [-0.25, -0.2) is 9.37 Å². The van der Waals surface area contributed by atoms with Crippen molar-refractivity contribution in [2.75, 3.05) is 0 Å². The Hall–Kier alpha value is -1.46. The van der Waals surface area contributed by atoms with Gasteiger partial charge in [0, 0.05) is 18.9 Å². The molecule has 3 nitrogen and oxygen atoms in total. The van der Waals surface area contributed by atoms with Crippen LogP contribution in [-0.4, -0.2) is 9.97 Å². The van der Waals surface area contributed by atoms with Crippen molar-refractivity contribution in [1.29, 1.82) is 0 Å². The molecule has 1 aromatic heterocycles. The first-order valence-electron chi connectivity index (χ1n) is 4.72. The van der Waals surface area contributed by atoms with E-state index in [4.69, 9.17) is 5.73 Å². The van der Waals surface area contributed by atoms with Crippen LogP contribution in [0.1, 0.15) is 5.56 Å². The fourth-order valence-corrected chi connectivity index (χ4v) is 2.16. The van der Waals surface area contributed by atoms with Crippen LogP contribution < -0.4 is 5.73 Å². The Labute approximate surface area is 96.9 Å². The van der Waals surface area contributed by atoms with Gasteiger partial charge in [0.2, 0.25) is 0 Å². The van der Waals surface area contributed by atoms with E-state index in [0.717, 1.165) is 5.56 Å². The third-order valence-corrected chi connectivity index (χ3v) is 3.10. The van der Waals surface area contributed by atoms with E-state index >= 15 is 0 Å². The molecule has 1 heterocycles. The molecule has 0 spiro atoms. The van der Waals surface area contributed by atoms with Gasteiger partial charge in [-0.3, -0.25) is 4.98 Å². The summed E-state index contributed by atoms with van der Waals surface area (Å²) in [5.74, 6) is -0.279. The van der Waals surface area contributed by atoms with Gasteiger partial charge >= 0.3 is 0 Å². The monoisotopic (exact) mass is 235 g/mol. The SMILES string of the molecule is NCc1cccc(F)c1Sc1cnccn1. The summed E-state index contributed by atoms with van der Waals surface area (Å²) in [5, 5.41) is 0.655. The average molecular weight is 235 g/mol. The predicted molar refractivity (Wildman–Crippen MR) is 60.4 cm³/mol. The minimum absolute atomic E-state index is 0.279. The summed E-state index contributed by atoms with van der Waals surface area (Å²) in [5.41, 5.74) is 6.33. The third-order valence-electron chi connectivity index (χ3n) is 2.01. The number of benzene rings is 1. The molecule has 0 aliphatic heterocycles. The number of aromatic nitrogens is 2. The highest BCUT2D eigenvalue weighted by Gasteiger charge is 2.09. The number of nitrogens with zero attached hydrogens (tertiary/aromatic N) is 2. The summed E-state index contributed by atoms with van der Waals surface area (Å²) in [6.45, 7) is 0.306. The molecule has 5 heteroatoms. The summed E-state index contributed by atoms with van der Waals surface area (Å²) in [6.07, 6.45) is 4.75. The van der Waals surface area contributed by atoms with Crippen LogP contribution in [0.15, 0.2) is 46.7 Å². The Morgan fingerprint density at radius 2 is 2.19 bits per heavy atom. The number of rotatable bonds is 3. The van der Waals surface area contributed by atoms with E-state index in [1.807, 2.05) is 6.07 Å². The zero-order valence-electron chi connectivity index (χ0n) is 8.43. The smallest absolute Gasteiger partial charge is 0.137 e. The van der Waals surface area contributed by atoms with Gasteiger partial charge in [-0.05, 0) is 11.6 Å². The first kappa shape index (κ1) is 11.0. The van der Waals surface area contributed by atoms with Gasteiger partial charge in [-0.15, -0.1) is 0 Å². The van der Waals surface area contributed by atoms with Crippen molar-refractivity contribution in [1.82, 2.24) is 9.97 Å². The van der Waals surface area contributed by atoms with Crippen molar-refractivity contribution >= 4 is 11.8 Å². The molecule has 0 radical (unpaired) electrons. The Morgan fingerprint density at radius 1 is 1.31 bits per heavy atom. The van der Waals surface area contributed by atoms with Gasteiger partial charge in [-0.1, -0.05) is 23.9 Å². The molecular weight excluding hydrogens is 225 g/mol. The maximum atomic E-state index is 13.6. The van der Waals surface area contributed by atoms with Crippen LogP contribution in [0.2, 0.25) is 0 Å². The molecule has 0 unspecified atom stereocenters. The van der Waals surface area contributed by atoms with Gasteiger partial charge in [0.25, 0.3) is 0 Å². The van der Waals surface area contributed by atoms with E-state index in [0.29, 0.717) is 16.5 Å². The highest BCUT2D eigenvalue weighted by atomic mass is 32.2. The largest absolute Gasteiger partial charge is 0.326 e. The molecule has 2 aromatic rings. The lowest BCUT2D eigenvalue weighted by Gasteiger charge is -2.07. The molecule has 2 rings (SSSR count). The number of halogens is 1. The molecule has 2 N–H and O–H groups in total. The van der Waals surface area contributed by atoms with Crippen molar-refractivity contribution in [3.63, 3.8) is 0 Å². The topological polar surface area (TPSA) is 51.8 Å². The fourth-order valence-electron chi connectivity index (χ4n) is 1.27. The Balaban J connectivity index is 2.34. The quantitative estimate of drug-likeness (QED) is 0.886. The molecule has 0 bridgehead atoms. The van der Waals surface area contributed by atoms with Gasteiger partial charge in [-0.2, -0.15) is 0 Å². The minimum atomic E-state index is -0.279. The highest BCUT2D eigenvalue weighted by molar-refractivity contribution is 7.99. The summed E-state index contributed by atoms with van der Waals surface area (Å²) in [6, 6.07) is 4.87. The van der Waals surface area contributed by atoms with E-state index in [-0.39, 0.29) is 5.82 Å². The molecule has 0 saturated heterocycles. The van der Waals surface area contributed by atoms with Gasteiger partial charge in [0.1, 0.15) is 10.8 Å². The second kappa shape index (κ2) is 5.05. The normalized spacial score (nSPS) is 10.4. The molecule has 0 atom stereocenters. The van der Waals surface area contributed by atoms with Gasteiger partial charge in [0.05, 0.1) is 11.1 Å². The summed E-state index contributed by atoms with van der Waals surface area (Å²) >= 11 is 1.24. The van der Waals surface area contributed by atoms with Crippen molar-refractivity contribution in [3.8, 4) is 0 Å². The van der Waals surface area contributed by atoms with Gasteiger partial charge < -0.3 is 5.73 Å². The number of hydrogen-bond donors (Lipinski definition) is 1. The van der Waals surface area contributed by atoms with E-state index < -0.39 is 0 Å². The highest BCUT2D eigenvalue weighted by Crippen LogP contribution is 2.30. The molecule has 0 saturated carbocycles. The lowest BCUT2D eigenvalue weighted by molar-refractivity contribution is 0.597. The molecular formula is C11H10FN3S. The molecule has 1 aromatic carbocycles. The first-order valence-corrected chi connectivity index (χ1v) is 5.54. The van der Waals surface area contributed by atoms with Crippen LogP contribution in [0.4, 0.5) is 4.39 Å².